The van der Waals surface area contributed by atoms with E-state index >= 15 is 0 Å². The summed E-state index contributed by atoms with van der Waals surface area (Å²) in [4.78, 5) is 11.1. The van der Waals surface area contributed by atoms with Gasteiger partial charge < -0.3 is 15.0 Å². The van der Waals surface area contributed by atoms with Crippen LogP contribution in [0.25, 0.3) is 0 Å². The number of carbonyl (C=O) groups is 1. The fourth-order valence-electron chi connectivity index (χ4n) is 2.21. The van der Waals surface area contributed by atoms with E-state index in [0.717, 1.165) is 10.7 Å². The molecule has 0 radical (unpaired) electrons. The first-order valence-corrected chi connectivity index (χ1v) is 9.18. The molecule has 0 atom stereocenters. The average molecular weight is 389 g/mol. The molecule has 0 bridgehead atoms. The van der Waals surface area contributed by atoms with Gasteiger partial charge in [-0.05, 0) is 29.8 Å². The zero-order chi connectivity index (χ0) is 18.5. The first kappa shape index (κ1) is 18.3. The van der Waals surface area contributed by atoms with Gasteiger partial charge in [-0.2, -0.15) is 0 Å². The number of amides is 1. The molecule has 8 heteroatoms. The second kappa shape index (κ2) is 8.25. The highest BCUT2D eigenvalue weighted by molar-refractivity contribution is 7.98. The van der Waals surface area contributed by atoms with Gasteiger partial charge in [-0.15, -0.1) is 10.2 Å². The van der Waals surface area contributed by atoms with E-state index < -0.39 is 5.91 Å². The minimum Gasteiger partial charge on any atom is -0.484 e. The Morgan fingerprint density at radius 2 is 1.92 bits per heavy atom. The lowest BCUT2D eigenvalue weighted by atomic mass is 10.1. The van der Waals surface area contributed by atoms with Crippen LogP contribution in [0, 0.1) is 0 Å². The molecule has 1 aromatic heterocycles. The van der Waals surface area contributed by atoms with Gasteiger partial charge >= 0.3 is 0 Å². The monoisotopic (exact) mass is 388 g/mol. The number of nitrogens with zero attached hydrogens (tertiary/aromatic N) is 3. The Bertz CT molecular complexity index is 912. The minimum absolute atomic E-state index is 0.279. The van der Waals surface area contributed by atoms with Crippen LogP contribution in [-0.2, 0) is 19.4 Å². The maximum atomic E-state index is 11.1. The largest absolute Gasteiger partial charge is 0.484 e. The molecule has 6 nitrogen and oxygen atoms in total. The lowest BCUT2D eigenvalue weighted by molar-refractivity contribution is 0.100. The molecule has 1 heterocycles. The number of primary amides is 1. The summed E-state index contributed by atoms with van der Waals surface area (Å²) in [7, 11) is 1.89. The van der Waals surface area contributed by atoms with Gasteiger partial charge in [0.2, 0.25) is 5.91 Å². The highest BCUT2D eigenvalue weighted by Crippen LogP contribution is 2.25. The molecule has 0 aliphatic carbocycles. The summed E-state index contributed by atoms with van der Waals surface area (Å²) in [6.45, 7) is 0.279. The lowest BCUT2D eigenvalue weighted by Crippen LogP contribution is -2.10. The number of halogens is 1. The summed E-state index contributed by atoms with van der Waals surface area (Å²) in [5, 5.41) is 9.71. The first-order valence-electron chi connectivity index (χ1n) is 7.81. The number of rotatable bonds is 7. The molecule has 0 fully saturated rings. The second-order valence-electron chi connectivity index (χ2n) is 5.53. The molecular formula is C18H17ClN4O2S. The summed E-state index contributed by atoms with van der Waals surface area (Å²) in [6, 6.07) is 14.5. The average Bonchev–Trinajstić information content (AvgIpc) is 2.99. The van der Waals surface area contributed by atoms with Gasteiger partial charge in [-0.3, -0.25) is 4.79 Å². The molecular weight excluding hydrogens is 372 g/mol. The van der Waals surface area contributed by atoms with Crippen molar-refractivity contribution in [1.29, 1.82) is 0 Å². The molecule has 2 aromatic carbocycles. The fourth-order valence-corrected chi connectivity index (χ4v) is 3.29. The van der Waals surface area contributed by atoms with E-state index in [0.29, 0.717) is 27.9 Å². The molecule has 2 N–H and O–H groups in total. The topological polar surface area (TPSA) is 83.0 Å². The molecule has 0 saturated heterocycles. The van der Waals surface area contributed by atoms with Crippen LogP contribution in [0.3, 0.4) is 0 Å². The molecule has 3 rings (SSSR count). The third-order valence-corrected chi connectivity index (χ3v) is 5.13. The van der Waals surface area contributed by atoms with Gasteiger partial charge in [0.05, 0.1) is 5.02 Å². The third-order valence-electron chi connectivity index (χ3n) is 3.72. The number of hydrogen-bond donors (Lipinski definition) is 1. The van der Waals surface area contributed by atoms with Crippen molar-refractivity contribution in [3.63, 3.8) is 0 Å². The lowest BCUT2D eigenvalue weighted by Gasteiger charge is -2.08. The highest BCUT2D eigenvalue weighted by atomic mass is 35.5. The maximum Gasteiger partial charge on any atom is 0.248 e. The molecule has 0 aliphatic heterocycles. The van der Waals surface area contributed by atoms with Crippen molar-refractivity contribution in [2.24, 2.45) is 12.8 Å². The number of benzene rings is 2. The van der Waals surface area contributed by atoms with Gasteiger partial charge in [0, 0.05) is 18.4 Å². The number of thioether (sulfide) groups is 1. The Labute approximate surface area is 160 Å². The standard InChI is InChI=1S/C18H17ClN4O2S/c1-23-16(10-25-15-5-3-2-4-14(15)19)21-22-18(23)26-11-12-6-8-13(9-7-12)17(20)24/h2-9H,10-11H2,1H3,(H2,20,24). The van der Waals surface area contributed by atoms with E-state index in [4.69, 9.17) is 22.1 Å². The van der Waals surface area contributed by atoms with E-state index in [9.17, 15) is 4.79 Å². The summed E-state index contributed by atoms with van der Waals surface area (Å²) >= 11 is 7.63. The van der Waals surface area contributed by atoms with Crippen molar-refractivity contribution in [2.45, 2.75) is 17.5 Å². The number of aromatic nitrogens is 3. The molecule has 0 unspecified atom stereocenters. The fraction of sp³-hybridized carbons (Fsp3) is 0.167. The van der Waals surface area contributed by atoms with Crippen molar-refractivity contribution in [3.8, 4) is 5.75 Å². The van der Waals surface area contributed by atoms with Crippen molar-refractivity contribution < 1.29 is 9.53 Å². The van der Waals surface area contributed by atoms with Crippen LogP contribution in [-0.4, -0.2) is 20.7 Å². The number of nitrogens with two attached hydrogens (primary N) is 1. The Hall–Kier alpha value is -2.51. The van der Waals surface area contributed by atoms with E-state index in [-0.39, 0.29) is 6.61 Å². The molecule has 0 saturated carbocycles. The van der Waals surface area contributed by atoms with E-state index in [1.165, 1.54) is 0 Å². The molecule has 1 amide bonds. The van der Waals surface area contributed by atoms with Crippen LogP contribution in [0.1, 0.15) is 21.7 Å². The normalized spacial score (nSPS) is 10.7. The SMILES string of the molecule is Cn1c(COc2ccccc2Cl)nnc1SCc1ccc(C(N)=O)cc1. The van der Waals surface area contributed by atoms with Crippen LogP contribution >= 0.6 is 23.4 Å². The summed E-state index contributed by atoms with van der Waals surface area (Å²) < 4.78 is 7.60. The second-order valence-corrected chi connectivity index (χ2v) is 6.88. The van der Waals surface area contributed by atoms with Crippen LogP contribution in [0.2, 0.25) is 5.02 Å². The smallest absolute Gasteiger partial charge is 0.248 e. The maximum absolute atomic E-state index is 11.1. The number of hydrogen-bond acceptors (Lipinski definition) is 5. The van der Waals surface area contributed by atoms with Crippen LogP contribution in [0.5, 0.6) is 5.75 Å². The Morgan fingerprint density at radius 1 is 1.19 bits per heavy atom. The van der Waals surface area contributed by atoms with Crippen LogP contribution in [0.4, 0.5) is 0 Å². The predicted molar refractivity (Wildman–Crippen MR) is 101 cm³/mol. The van der Waals surface area contributed by atoms with Crippen molar-refractivity contribution in [3.05, 3.63) is 70.5 Å². The van der Waals surface area contributed by atoms with E-state index in [2.05, 4.69) is 10.2 Å². The minimum atomic E-state index is -0.430. The van der Waals surface area contributed by atoms with Gasteiger partial charge in [0.25, 0.3) is 0 Å². The van der Waals surface area contributed by atoms with E-state index in [1.807, 2.05) is 41.9 Å². The number of carbonyl (C=O) groups excluding carboxylic acids is 1. The van der Waals surface area contributed by atoms with Crippen LogP contribution in [0.15, 0.2) is 53.7 Å². The molecule has 26 heavy (non-hydrogen) atoms. The Kier molecular flexibility index (Phi) is 5.80. The Morgan fingerprint density at radius 3 is 2.62 bits per heavy atom. The zero-order valence-corrected chi connectivity index (χ0v) is 15.6. The van der Waals surface area contributed by atoms with Gasteiger partial charge in [-0.25, -0.2) is 0 Å². The highest BCUT2D eigenvalue weighted by Gasteiger charge is 2.11. The molecule has 0 spiro atoms. The number of para-hydroxylation sites is 1. The first-order chi connectivity index (χ1) is 12.5. The van der Waals surface area contributed by atoms with Gasteiger partial charge in [0.15, 0.2) is 11.0 Å². The molecule has 134 valence electrons. The van der Waals surface area contributed by atoms with Crippen molar-refractivity contribution in [1.82, 2.24) is 14.8 Å². The van der Waals surface area contributed by atoms with Crippen LogP contribution < -0.4 is 10.5 Å². The zero-order valence-electron chi connectivity index (χ0n) is 14.1. The Balaban J connectivity index is 1.60. The summed E-state index contributed by atoms with van der Waals surface area (Å²) in [6.07, 6.45) is 0. The van der Waals surface area contributed by atoms with Gasteiger partial charge in [-0.1, -0.05) is 47.6 Å². The third kappa shape index (κ3) is 4.36. The number of ether oxygens (including phenoxy) is 1. The molecule has 3 aromatic rings. The van der Waals surface area contributed by atoms with E-state index in [1.54, 1.807) is 30.0 Å². The summed E-state index contributed by atoms with van der Waals surface area (Å²) in [5.41, 5.74) is 6.81. The van der Waals surface area contributed by atoms with Gasteiger partial charge in [0.1, 0.15) is 12.4 Å². The quantitative estimate of drug-likeness (QED) is 0.627. The summed E-state index contributed by atoms with van der Waals surface area (Å²) in [5.74, 6) is 1.59. The van der Waals surface area contributed by atoms with Crippen molar-refractivity contribution in [2.75, 3.05) is 0 Å². The predicted octanol–water partition coefficient (Wildman–Crippen LogP) is 3.44. The van der Waals surface area contributed by atoms with Crippen molar-refractivity contribution >= 4 is 29.3 Å². The molecule has 0 aliphatic rings.